The summed E-state index contributed by atoms with van der Waals surface area (Å²) in [6.45, 7) is 3.73. The van der Waals surface area contributed by atoms with E-state index < -0.39 is 10.0 Å². The summed E-state index contributed by atoms with van der Waals surface area (Å²) < 4.78 is 28.0. The number of anilines is 1. The highest BCUT2D eigenvalue weighted by Crippen LogP contribution is 2.32. The monoisotopic (exact) mass is 379 g/mol. The van der Waals surface area contributed by atoms with E-state index in [1.54, 1.807) is 18.2 Å². The van der Waals surface area contributed by atoms with Gasteiger partial charge >= 0.3 is 0 Å². The first-order valence-corrected chi connectivity index (χ1v) is 8.81. The van der Waals surface area contributed by atoms with Crippen molar-refractivity contribution in [2.75, 3.05) is 4.72 Å². The van der Waals surface area contributed by atoms with Crippen LogP contribution in [0.25, 0.3) is 0 Å². The van der Waals surface area contributed by atoms with E-state index in [-0.39, 0.29) is 4.21 Å². The molecule has 0 atom stereocenters. The number of sulfonamides is 1. The number of benzene rings is 1. The van der Waals surface area contributed by atoms with Crippen LogP contribution in [0.3, 0.4) is 0 Å². The van der Waals surface area contributed by atoms with Crippen molar-refractivity contribution in [1.82, 2.24) is 0 Å². The largest absolute Gasteiger partial charge is 0.277 e. The molecule has 0 fully saturated rings. The SMILES string of the molecule is Cc1cc(C)c(NS(=O)(=O)c2ccc(Br)s2)c(Cl)c1. The van der Waals surface area contributed by atoms with Gasteiger partial charge in [0.1, 0.15) is 4.21 Å². The predicted octanol–water partition coefficient (Wildman–Crippen LogP) is 4.58. The van der Waals surface area contributed by atoms with Gasteiger partial charge in [-0.1, -0.05) is 17.7 Å². The Labute approximate surface area is 129 Å². The van der Waals surface area contributed by atoms with E-state index in [2.05, 4.69) is 20.7 Å². The van der Waals surface area contributed by atoms with Crippen LogP contribution in [-0.4, -0.2) is 8.42 Å². The van der Waals surface area contributed by atoms with Crippen molar-refractivity contribution < 1.29 is 8.42 Å². The third-order valence-electron chi connectivity index (χ3n) is 2.48. The number of hydrogen-bond acceptors (Lipinski definition) is 3. The van der Waals surface area contributed by atoms with Gasteiger partial charge in [-0.2, -0.15) is 0 Å². The molecule has 0 spiro atoms. The van der Waals surface area contributed by atoms with Crippen LogP contribution >= 0.6 is 38.9 Å². The van der Waals surface area contributed by atoms with Gasteiger partial charge in [0.15, 0.2) is 0 Å². The quantitative estimate of drug-likeness (QED) is 0.847. The summed E-state index contributed by atoms with van der Waals surface area (Å²) in [5, 5.41) is 0.400. The van der Waals surface area contributed by atoms with Crippen molar-refractivity contribution in [2.45, 2.75) is 18.1 Å². The zero-order valence-electron chi connectivity index (χ0n) is 10.2. The minimum Gasteiger partial charge on any atom is -0.277 e. The molecule has 7 heteroatoms. The van der Waals surface area contributed by atoms with Crippen LogP contribution in [0.1, 0.15) is 11.1 Å². The molecule has 0 radical (unpaired) electrons. The Morgan fingerprint density at radius 1 is 1.26 bits per heavy atom. The van der Waals surface area contributed by atoms with Crippen molar-refractivity contribution in [3.8, 4) is 0 Å². The predicted molar refractivity (Wildman–Crippen MR) is 83.8 cm³/mol. The molecular weight excluding hydrogens is 370 g/mol. The van der Waals surface area contributed by atoms with Crippen LogP contribution in [0.4, 0.5) is 5.69 Å². The molecule has 0 saturated carbocycles. The molecule has 0 aliphatic carbocycles. The molecule has 2 rings (SSSR count). The second-order valence-corrected chi connectivity index (χ2v) is 8.88. The number of aryl methyl sites for hydroxylation is 2. The molecular formula is C12H11BrClNO2S2. The van der Waals surface area contributed by atoms with Gasteiger partial charge in [0.05, 0.1) is 14.5 Å². The van der Waals surface area contributed by atoms with Gasteiger partial charge in [0.25, 0.3) is 10.0 Å². The van der Waals surface area contributed by atoms with Gasteiger partial charge in [-0.05, 0) is 59.1 Å². The molecule has 19 heavy (non-hydrogen) atoms. The van der Waals surface area contributed by atoms with Gasteiger partial charge in [-0.25, -0.2) is 8.42 Å². The Bertz CT molecular complexity index is 702. The van der Waals surface area contributed by atoms with E-state index in [4.69, 9.17) is 11.6 Å². The number of thiophene rings is 1. The summed E-state index contributed by atoms with van der Waals surface area (Å²) in [5.74, 6) is 0. The Morgan fingerprint density at radius 2 is 1.95 bits per heavy atom. The fourth-order valence-corrected chi connectivity index (χ4v) is 5.26. The van der Waals surface area contributed by atoms with Gasteiger partial charge in [-0.15, -0.1) is 11.3 Å². The lowest BCUT2D eigenvalue weighted by Gasteiger charge is -2.12. The molecule has 0 aliphatic rings. The number of hydrogen-bond donors (Lipinski definition) is 1. The van der Waals surface area contributed by atoms with Crippen LogP contribution in [-0.2, 0) is 10.0 Å². The maximum atomic E-state index is 12.2. The molecule has 2 aromatic rings. The van der Waals surface area contributed by atoms with Crippen LogP contribution in [0.15, 0.2) is 32.3 Å². The lowest BCUT2D eigenvalue weighted by Crippen LogP contribution is -2.12. The first kappa shape index (κ1) is 14.8. The number of halogens is 2. The van der Waals surface area contributed by atoms with Crippen LogP contribution in [0.2, 0.25) is 5.02 Å². The van der Waals surface area contributed by atoms with E-state index in [1.807, 2.05) is 19.9 Å². The Balaban J connectivity index is 2.41. The minimum absolute atomic E-state index is 0.246. The molecule has 1 aromatic carbocycles. The summed E-state index contributed by atoms with van der Waals surface area (Å²) in [4.78, 5) is 0. The molecule has 3 nitrogen and oxygen atoms in total. The van der Waals surface area contributed by atoms with E-state index in [9.17, 15) is 8.42 Å². The normalized spacial score (nSPS) is 11.6. The van der Waals surface area contributed by atoms with Crippen molar-refractivity contribution in [2.24, 2.45) is 0 Å². The average Bonchev–Trinajstić information content (AvgIpc) is 2.71. The van der Waals surface area contributed by atoms with Crippen LogP contribution < -0.4 is 4.72 Å². The van der Waals surface area contributed by atoms with E-state index >= 15 is 0 Å². The Morgan fingerprint density at radius 3 is 2.47 bits per heavy atom. The zero-order valence-corrected chi connectivity index (χ0v) is 14.2. The maximum Gasteiger partial charge on any atom is 0.271 e. The second-order valence-electron chi connectivity index (χ2n) is 4.10. The van der Waals surface area contributed by atoms with Crippen molar-refractivity contribution in [1.29, 1.82) is 0 Å². The average molecular weight is 381 g/mol. The molecule has 1 heterocycles. The first-order valence-electron chi connectivity index (χ1n) is 5.34. The highest BCUT2D eigenvalue weighted by Gasteiger charge is 2.19. The van der Waals surface area contributed by atoms with Crippen molar-refractivity contribution >= 4 is 54.6 Å². The van der Waals surface area contributed by atoms with Gasteiger partial charge in [0, 0.05) is 0 Å². The number of nitrogens with one attached hydrogen (secondary N) is 1. The minimum atomic E-state index is -3.60. The smallest absolute Gasteiger partial charge is 0.271 e. The summed E-state index contributed by atoms with van der Waals surface area (Å²) in [5.41, 5.74) is 2.21. The molecule has 0 amide bonds. The van der Waals surface area contributed by atoms with Gasteiger partial charge in [0.2, 0.25) is 0 Å². The summed E-state index contributed by atoms with van der Waals surface area (Å²) in [7, 11) is -3.60. The summed E-state index contributed by atoms with van der Waals surface area (Å²) >= 11 is 10.5. The molecule has 0 bridgehead atoms. The molecule has 0 unspecified atom stereocenters. The molecule has 1 N–H and O–H groups in total. The third kappa shape index (κ3) is 3.31. The number of rotatable bonds is 3. The third-order valence-corrected chi connectivity index (χ3v) is 6.24. The maximum absolute atomic E-state index is 12.2. The Hall–Kier alpha value is -0.560. The molecule has 102 valence electrons. The molecule has 1 aromatic heterocycles. The summed E-state index contributed by atoms with van der Waals surface area (Å²) in [6.07, 6.45) is 0. The van der Waals surface area contributed by atoms with Crippen molar-refractivity contribution in [3.05, 3.63) is 44.2 Å². The lowest BCUT2D eigenvalue weighted by atomic mass is 10.1. The molecule has 0 saturated heterocycles. The first-order chi connectivity index (χ1) is 8.79. The van der Waals surface area contributed by atoms with E-state index in [0.29, 0.717) is 10.7 Å². The van der Waals surface area contributed by atoms with E-state index in [1.165, 1.54) is 0 Å². The topological polar surface area (TPSA) is 46.2 Å². The Kier molecular flexibility index (Phi) is 4.25. The zero-order chi connectivity index (χ0) is 14.2. The fraction of sp³-hybridized carbons (Fsp3) is 0.167. The standard InChI is InChI=1S/C12H11BrClNO2S2/c1-7-5-8(2)12(9(14)6-7)15-19(16,17)11-4-3-10(13)18-11/h3-6,15H,1-2H3. The fourth-order valence-electron chi connectivity index (χ4n) is 1.67. The lowest BCUT2D eigenvalue weighted by molar-refractivity contribution is 0.603. The summed E-state index contributed by atoms with van der Waals surface area (Å²) in [6, 6.07) is 6.86. The van der Waals surface area contributed by atoms with Gasteiger partial charge in [-0.3, -0.25) is 4.72 Å². The highest BCUT2D eigenvalue weighted by atomic mass is 79.9. The van der Waals surface area contributed by atoms with E-state index in [0.717, 1.165) is 26.3 Å². The second kappa shape index (κ2) is 5.44. The van der Waals surface area contributed by atoms with Crippen LogP contribution in [0, 0.1) is 13.8 Å². The van der Waals surface area contributed by atoms with Crippen molar-refractivity contribution in [3.63, 3.8) is 0 Å². The van der Waals surface area contributed by atoms with Gasteiger partial charge < -0.3 is 0 Å². The molecule has 0 aliphatic heterocycles. The highest BCUT2D eigenvalue weighted by molar-refractivity contribution is 9.11. The van der Waals surface area contributed by atoms with Crippen LogP contribution in [0.5, 0.6) is 0 Å².